The Labute approximate surface area is 208 Å². The molecule has 3 aliphatic carbocycles. The van der Waals surface area contributed by atoms with E-state index in [0.717, 1.165) is 47.8 Å². The molecule has 0 spiro atoms. The van der Waals surface area contributed by atoms with Gasteiger partial charge in [0.2, 0.25) is 0 Å². The highest BCUT2D eigenvalue weighted by Crippen LogP contribution is 2.58. The molecule has 1 heteroatoms. The predicted octanol–water partition coefficient (Wildman–Crippen LogP) is 9.67. The fraction of sp³-hybridized carbons (Fsp3) is 1.00. The number of unbranched alkanes of at least 4 members (excludes halogenated alkanes) is 2. The van der Waals surface area contributed by atoms with Gasteiger partial charge in [-0.2, -0.15) is 0 Å². The Bertz CT molecular complexity index is 549. The van der Waals surface area contributed by atoms with Crippen molar-refractivity contribution >= 4 is 0 Å². The molecule has 0 aromatic carbocycles. The zero-order valence-corrected chi connectivity index (χ0v) is 23.5. The summed E-state index contributed by atoms with van der Waals surface area (Å²) in [5.41, 5.74) is 0.513. The van der Waals surface area contributed by atoms with Crippen molar-refractivity contribution in [2.75, 3.05) is 0 Å². The van der Waals surface area contributed by atoms with Crippen molar-refractivity contribution in [2.24, 2.45) is 52.8 Å². The highest BCUT2D eigenvalue weighted by atomic mass is 16.3. The number of aliphatic hydroxyl groups is 1. The van der Waals surface area contributed by atoms with Crippen LogP contribution in [0.3, 0.4) is 0 Å². The molecule has 8 atom stereocenters. The molecule has 0 bridgehead atoms. The first-order chi connectivity index (χ1) is 15.8. The Kier molecular flexibility index (Phi) is 10.7. The van der Waals surface area contributed by atoms with Crippen LogP contribution < -0.4 is 0 Å². The summed E-state index contributed by atoms with van der Waals surface area (Å²) in [6.45, 7) is 14.7. The highest BCUT2D eigenvalue weighted by Gasteiger charge is 2.49. The first-order valence-corrected chi connectivity index (χ1v) is 15.5. The molecule has 1 N–H and O–H groups in total. The number of aliphatic hydroxyl groups excluding tert-OH is 1. The van der Waals surface area contributed by atoms with E-state index in [1.54, 1.807) is 0 Å². The lowest BCUT2D eigenvalue weighted by molar-refractivity contribution is -0.00783. The van der Waals surface area contributed by atoms with Crippen LogP contribution in [0.25, 0.3) is 0 Å². The summed E-state index contributed by atoms with van der Waals surface area (Å²) >= 11 is 0. The molecule has 0 heterocycles. The van der Waals surface area contributed by atoms with Gasteiger partial charge in [-0.05, 0) is 117 Å². The Morgan fingerprint density at radius 3 is 2.18 bits per heavy atom. The molecule has 0 aliphatic heterocycles. The van der Waals surface area contributed by atoms with Crippen LogP contribution in [-0.2, 0) is 0 Å². The van der Waals surface area contributed by atoms with Crippen LogP contribution >= 0.6 is 0 Å². The van der Waals surface area contributed by atoms with Gasteiger partial charge in [0.25, 0.3) is 0 Å². The molecule has 0 aromatic heterocycles. The predicted molar refractivity (Wildman–Crippen MR) is 144 cm³/mol. The maximum absolute atomic E-state index is 11.4. The molecule has 0 amide bonds. The average molecular weight is 461 g/mol. The van der Waals surface area contributed by atoms with E-state index in [-0.39, 0.29) is 6.10 Å². The van der Waals surface area contributed by atoms with Crippen molar-refractivity contribution in [3.63, 3.8) is 0 Å². The molecule has 33 heavy (non-hydrogen) atoms. The molecule has 0 radical (unpaired) electrons. The Balaban J connectivity index is 1.60. The van der Waals surface area contributed by atoms with Crippen molar-refractivity contribution in [3.05, 3.63) is 0 Å². The van der Waals surface area contributed by atoms with Gasteiger partial charge in [-0.1, -0.05) is 80.1 Å². The first kappa shape index (κ1) is 27.5. The minimum atomic E-state index is -0.0624. The van der Waals surface area contributed by atoms with E-state index in [1.807, 2.05) is 0 Å². The van der Waals surface area contributed by atoms with Crippen molar-refractivity contribution in [2.45, 2.75) is 150 Å². The standard InChI is InChI=1S/C32H60O/c1-7-9-10-11-25(5)28-14-16-29(17-15-28)32(22-24(4)20-26(32)6)19-18-31(33)30-21-23(3)12-13-27(30)8-2/h23-31,33H,7-22H2,1-6H3/t23?,24-,25+,26+,27-,28?,29?,30?,31?,32+/m1/s1. The zero-order chi connectivity index (χ0) is 24.0. The van der Waals surface area contributed by atoms with Crippen LogP contribution in [0.1, 0.15) is 144 Å². The third kappa shape index (κ3) is 6.80. The summed E-state index contributed by atoms with van der Waals surface area (Å²) in [7, 11) is 0. The van der Waals surface area contributed by atoms with Gasteiger partial charge in [-0.3, -0.25) is 0 Å². The average Bonchev–Trinajstić information content (AvgIpc) is 3.11. The molecule has 0 aromatic rings. The summed E-state index contributed by atoms with van der Waals surface area (Å²) in [4.78, 5) is 0. The monoisotopic (exact) mass is 460 g/mol. The van der Waals surface area contributed by atoms with Crippen LogP contribution in [0, 0.1) is 52.8 Å². The van der Waals surface area contributed by atoms with Gasteiger partial charge in [-0.15, -0.1) is 0 Å². The Hall–Kier alpha value is -0.0400. The molecule has 1 nitrogen and oxygen atoms in total. The van der Waals surface area contributed by atoms with Gasteiger partial charge in [0.15, 0.2) is 0 Å². The molecule has 3 aliphatic rings. The van der Waals surface area contributed by atoms with E-state index in [1.165, 1.54) is 96.3 Å². The molecule has 3 rings (SSSR count). The second-order valence-electron chi connectivity index (χ2n) is 13.6. The highest BCUT2D eigenvalue weighted by molar-refractivity contribution is 4.99. The molecule has 3 saturated carbocycles. The van der Waals surface area contributed by atoms with Crippen molar-refractivity contribution in [1.82, 2.24) is 0 Å². The summed E-state index contributed by atoms with van der Waals surface area (Å²) < 4.78 is 0. The summed E-state index contributed by atoms with van der Waals surface area (Å²) in [5, 5.41) is 11.4. The fourth-order valence-electron chi connectivity index (χ4n) is 9.20. The van der Waals surface area contributed by atoms with E-state index in [9.17, 15) is 5.11 Å². The minimum absolute atomic E-state index is 0.0624. The normalized spacial score (nSPS) is 41.7. The van der Waals surface area contributed by atoms with E-state index < -0.39 is 0 Å². The summed E-state index contributed by atoms with van der Waals surface area (Å²) in [6.07, 6.45) is 21.9. The molecular formula is C32H60O. The maximum atomic E-state index is 11.4. The van der Waals surface area contributed by atoms with E-state index >= 15 is 0 Å². The van der Waals surface area contributed by atoms with Gasteiger partial charge in [0, 0.05) is 0 Å². The topological polar surface area (TPSA) is 20.2 Å². The fourth-order valence-corrected chi connectivity index (χ4v) is 9.20. The van der Waals surface area contributed by atoms with Gasteiger partial charge < -0.3 is 5.11 Å². The third-order valence-corrected chi connectivity index (χ3v) is 11.4. The lowest BCUT2D eigenvalue weighted by Gasteiger charge is -2.47. The van der Waals surface area contributed by atoms with Crippen molar-refractivity contribution in [1.29, 1.82) is 0 Å². The Morgan fingerprint density at radius 2 is 1.58 bits per heavy atom. The smallest absolute Gasteiger partial charge is 0.0571 e. The van der Waals surface area contributed by atoms with Gasteiger partial charge >= 0.3 is 0 Å². The van der Waals surface area contributed by atoms with Gasteiger partial charge in [-0.25, -0.2) is 0 Å². The van der Waals surface area contributed by atoms with Gasteiger partial charge in [0.1, 0.15) is 0 Å². The molecule has 3 fully saturated rings. The van der Waals surface area contributed by atoms with Crippen LogP contribution in [0.2, 0.25) is 0 Å². The first-order valence-electron chi connectivity index (χ1n) is 15.5. The van der Waals surface area contributed by atoms with E-state index in [2.05, 4.69) is 41.5 Å². The third-order valence-electron chi connectivity index (χ3n) is 11.4. The SMILES string of the molecule is CCCCC[C@H](C)C1CCC([C@@]2(CCC(O)C3CC(C)CC[C@H]3CC)C[C@H](C)C[C@@H]2C)CC1. The van der Waals surface area contributed by atoms with E-state index in [4.69, 9.17) is 0 Å². The number of rotatable bonds is 11. The zero-order valence-electron chi connectivity index (χ0n) is 23.5. The van der Waals surface area contributed by atoms with Crippen LogP contribution in [0.4, 0.5) is 0 Å². The quantitative estimate of drug-likeness (QED) is 0.304. The van der Waals surface area contributed by atoms with Crippen molar-refractivity contribution in [3.8, 4) is 0 Å². The summed E-state index contributed by atoms with van der Waals surface area (Å²) in [6, 6.07) is 0. The number of hydrogen-bond donors (Lipinski definition) is 1. The molecule has 0 saturated heterocycles. The second-order valence-corrected chi connectivity index (χ2v) is 13.6. The molecule has 194 valence electrons. The van der Waals surface area contributed by atoms with Crippen LogP contribution in [0.15, 0.2) is 0 Å². The van der Waals surface area contributed by atoms with Crippen LogP contribution in [-0.4, -0.2) is 11.2 Å². The van der Waals surface area contributed by atoms with E-state index in [0.29, 0.717) is 11.3 Å². The lowest BCUT2D eigenvalue weighted by Crippen LogP contribution is -2.39. The largest absolute Gasteiger partial charge is 0.393 e. The Morgan fingerprint density at radius 1 is 0.848 bits per heavy atom. The molecule has 3 unspecified atom stereocenters. The second kappa shape index (κ2) is 12.8. The van der Waals surface area contributed by atoms with Gasteiger partial charge in [0.05, 0.1) is 6.10 Å². The van der Waals surface area contributed by atoms with Crippen LogP contribution in [0.5, 0.6) is 0 Å². The maximum Gasteiger partial charge on any atom is 0.0571 e. The summed E-state index contributed by atoms with van der Waals surface area (Å²) in [5.74, 6) is 6.66. The molecular weight excluding hydrogens is 400 g/mol. The van der Waals surface area contributed by atoms with Crippen molar-refractivity contribution < 1.29 is 5.11 Å². The lowest BCUT2D eigenvalue weighted by atomic mass is 9.58. The number of hydrogen-bond acceptors (Lipinski definition) is 1. The minimum Gasteiger partial charge on any atom is -0.393 e.